The third-order valence-corrected chi connectivity index (χ3v) is 5.99. The minimum absolute atomic E-state index is 0.139. The maximum Gasteiger partial charge on any atom is 0.234 e. The fourth-order valence-electron chi connectivity index (χ4n) is 3.43. The maximum absolute atomic E-state index is 12.6. The van der Waals surface area contributed by atoms with Gasteiger partial charge < -0.3 is 19.5 Å². The number of carbonyl (C=O) groups excluding carboxylic acids is 1. The summed E-state index contributed by atoms with van der Waals surface area (Å²) >= 11 is 1.39. The molecule has 170 valence electrons. The number of hydrogen-bond acceptors (Lipinski definition) is 7. The average Bonchev–Trinajstić information content (AvgIpc) is 3.26. The number of nitrogens with one attached hydrogen (secondary N) is 1. The Labute approximate surface area is 195 Å². The summed E-state index contributed by atoms with van der Waals surface area (Å²) in [7, 11) is 4.78. The second kappa shape index (κ2) is 9.83. The Hall–Kier alpha value is -3.72. The van der Waals surface area contributed by atoms with Gasteiger partial charge in [0.2, 0.25) is 5.91 Å². The Kier molecular flexibility index (Phi) is 6.69. The number of anilines is 1. The number of carbonyl (C=O) groups is 1. The van der Waals surface area contributed by atoms with E-state index < -0.39 is 0 Å². The lowest BCUT2D eigenvalue weighted by molar-refractivity contribution is -0.113. The normalized spacial score (nSPS) is 10.8. The lowest BCUT2D eigenvalue weighted by Gasteiger charge is -2.11. The van der Waals surface area contributed by atoms with Crippen LogP contribution in [0.3, 0.4) is 0 Å². The van der Waals surface area contributed by atoms with Crippen LogP contribution in [0, 0.1) is 6.92 Å². The molecule has 4 aromatic rings. The summed E-state index contributed by atoms with van der Waals surface area (Å²) in [5, 5.41) is 8.25. The van der Waals surface area contributed by atoms with Crippen molar-refractivity contribution in [2.75, 3.05) is 32.4 Å². The molecule has 9 heteroatoms. The highest BCUT2D eigenvalue weighted by Crippen LogP contribution is 2.34. The zero-order chi connectivity index (χ0) is 23.4. The molecule has 0 aliphatic rings. The van der Waals surface area contributed by atoms with Crippen molar-refractivity contribution in [1.82, 2.24) is 14.6 Å². The van der Waals surface area contributed by atoms with E-state index in [1.165, 1.54) is 11.8 Å². The summed E-state index contributed by atoms with van der Waals surface area (Å²) in [5.74, 6) is 1.97. The first-order chi connectivity index (χ1) is 16.0. The molecule has 0 saturated heterocycles. The molecule has 0 atom stereocenters. The Morgan fingerprint density at radius 1 is 1.00 bits per heavy atom. The Morgan fingerprint density at radius 2 is 1.76 bits per heavy atom. The minimum Gasteiger partial charge on any atom is -0.495 e. The van der Waals surface area contributed by atoms with E-state index in [4.69, 9.17) is 14.2 Å². The molecule has 2 aromatic heterocycles. The molecular formula is C24H24N4O4S. The second-order valence-electron chi connectivity index (χ2n) is 7.14. The fourth-order valence-corrected chi connectivity index (χ4v) is 4.29. The molecule has 0 aliphatic carbocycles. The highest BCUT2D eigenvalue weighted by Gasteiger charge is 2.16. The first-order valence-electron chi connectivity index (χ1n) is 10.2. The van der Waals surface area contributed by atoms with Crippen molar-refractivity contribution in [2.45, 2.75) is 11.9 Å². The van der Waals surface area contributed by atoms with Gasteiger partial charge in [0.25, 0.3) is 0 Å². The van der Waals surface area contributed by atoms with Crippen molar-refractivity contribution >= 4 is 29.0 Å². The Balaban J connectivity index is 1.58. The van der Waals surface area contributed by atoms with Crippen LogP contribution in [0.25, 0.3) is 16.8 Å². The molecule has 0 radical (unpaired) electrons. The number of benzene rings is 2. The Morgan fingerprint density at radius 3 is 2.52 bits per heavy atom. The smallest absolute Gasteiger partial charge is 0.234 e. The van der Waals surface area contributed by atoms with Gasteiger partial charge >= 0.3 is 0 Å². The summed E-state index contributed by atoms with van der Waals surface area (Å²) in [6, 6.07) is 14.9. The number of nitrogens with zero attached hydrogens (tertiary/aromatic N) is 3. The van der Waals surface area contributed by atoms with Crippen molar-refractivity contribution in [3.05, 3.63) is 60.4 Å². The summed E-state index contributed by atoms with van der Waals surface area (Å²) in [5.41, 5.74) is 3.94. The maximum atomic E-state index is 12.6. The minimum atomic E-state index is -0.139. The van der Waals surface area contributed by atoms with Crippen LogP contribution >= 0.6 is 11.8 Å². The summed E-state index contributed by atoms with van der Waals surface area (Å²) in [6.07, 6.45) is 1.77. The highest BCUT2D eigenvalue weighted by molar-refractivity contribution is 7.99. The van der Waals surface area contributed by atoms with E-state index in [1.807, 2.05) is 43.3 Å². The lowest BCUT2D eigenvalue weighted by atomic mass is 10.1. The third kappa shape index (κ3) is 4.73. The van der Waals surface area contributed by atoms with E-state index >= 15 is 0 Å². The predicted molar refractivity (Wildman–Crippen MR) is 129 cm³/mol. The van der Waals surface area contributed by atoms with Gasteiger partial charge in [0, 0.05) is 11.3 Å². The summed E-state index contributed by atoms with van der Waals surface area (Å²) in [4.78, 5) is 17.3. The SMILES string of the molecule is COc1ccccc1NC(=O)CSc1cc(C)nc2c(-c3ccc(OC)c(OC)c3)cnn12. The van der Waals surface area contributed by atoms with Crippen LogP contribution in [-0.2, 0) is 4.79 Å². The van der Waals surface area contributed by atoms with Gasteiger partial charge in [-0.3, -0.25) is 4.79 Å². The van der Waals surface area contributed by atoms with Crippen LogP contribution < -0.4 is 19.5 Å². The molecule has 0 aliphatic heterocycles. The largest absolute Gasteiger partial charge is 0.495 e. The van der Waals surface area contributed by atoms with E-state index in [0.29, 0.717) is 28.6 Å². The first kappa shape index (κ1) is 22.5. The molecule has 1 amide bonds. The van der Waals surface area contributed by atoms with Crippen LogP contribution in [0.4, 0.5) is 5.69 Å². The number of para-hydroxylation sites is 2. The van der Waals surface area contributed by atoms with Crippen LogP contribution in [0.15, 0.2) is 59.8 Å². The van der Waals surface area contributed by atoms with Crippen molar-refractivity contribution in [2.24, 2.45) is 0 Å². The topological polar surface area (TPSA) is 87.0 Å². The number of rotatable bonds is 8. The van der Waals surface area contributed by atoms with E-state index in [1.54, 1.807) is 44.2 Å². The van der Waals surface area contributed by atoms with Crippen molar-refractivity contribution < 1.29 is 19.0 Å². The van der Waals surface area contributed by atoms with E-state index in [9.17, 15) is 4.79 Å². The molecule has 1 N–H and O–H groups in total. The molecule has 0 spiro atoms. The Bertz CT molecular complexity index is 1310. The van der Waals surface area contributed by atoms with Crippen LogP contribution in [-0.4, -0.2) is 47.6 Å². The second-order valence-corrected chi connectivity index (χ2v) is 8.13. The molecule has 0 saturated carbocycles. The number of methoxy groups -OCH3 is 3. The van der Waals surface area contributed by atoms with Gasteiger partial charge in [-0.1, -0.05) is 30.0 Å². The lowest BCUT2D eigenvalue weighted by Crippen LogP contribution is -2.15. The van der Waals surface area contributed by atoms with Gasteiger partial charge in [0.05, 0.1) is 39.0 Å². The zero-order valence-electron chi connectivity index (χ0n) is 18.8. The number of thioether (sulfide) groups is 1. The molecule has 8 nitrogen and oxygen atoms in total. The number of hydrogen-bond donors (Lipinski definition) is 1. The van der Waals surface area contributed by atoms with Crippen molar-refractivity contribution in [1.29, 1.82) is 0 Å². The van der Waals surface area contributed by atoms with Crippen LogP contribution in [0.2, 0.25) is 0 Å². The van der Waals surface area contributed by atoms with Crippen LogP contribution in [0.5, 0.6) is 17.2 Å². The molecular weight excluding hydrogens is 440 g/mol. The van der Waals surface area contributed by atoms with E-state index in [2.05, 4.69) is 15.4 Å². The van der Waals surface area contributed by atoms with Crippen molar-refractivity contribution in [3.63, 3.8) is 0 Å². The summed E-state index contributed by atoms with van der Waals surface area (Å²) in [6.45, 7) is 1.92. The summed E-state index contributed by atoms with van der Waals surface area (Å²) < 4.78 is 17.8. The van der Waals surface area contributed by atoms with Crippen LogP contribution in [0.1, 0.15) is 5.69 Å². The number of amides is 1. The molecule has 2 aromatic carbocycles. The number of ether oxygens (including phenoxy) is 3. The number of fused-ring (bicyclic) bond motifs is 1. The quantitative estimate of drug-likeness (QED) is 0.304. The van der Waals surface area contributed by atoms with Gasteiger partial charge in [-0.2, -0.15) is 5.10 Å². The van der Waals surface area contributed by atoms with E-state index in [0.717, 1.165) is 21.8 Å². The van der Waals surface area contributed by atoms with E-state index in [-0.39, 0.29) is 11.7 Å². The number of aromatic nitrogens is 3. The molecule has 2 heterocycles. The van der Waals surface area contributed by atoms with Crippen molar-refractivity contribution in [3.8, 4) is 28.4 Å². The molecule has 0 fully saturated rings. The van der Waals surface area contributed by atoms with Gasteiger partial charge in [-0.25, -0.2) is 9.50 Å². The van der Waals surface area contributed by atoms with Gasteiger partial charge in [0.15, 0.2) is 17.1 Å². The first-order valence-corrected chi connectivity index (χ1v) is 11.2. The highest BCUT2D eigenvalue weighted by atomic mass is 32.2. The van der Waals surface area contributed by atoms with Gasteiger partial charge in [-0.05, 0) is 42.8 Å². The average molecular weight is 465 g/mol. The zero-order valence-corrected chi connectivity index (χ0v) is 19.6. The molecule has 0 unspecified atom stereocenters. The molecule has 0 bridgehead atoms. The standard InChI is InChI=1S/C24H24N4O4S/c1-15-11-23(33-14-22(29)27-18-7-5-6-8-19(18)30-2)28-24(26-15)17(13-25-28)16-9-10-20(31-3)21(12-16)32-4/h5-13H,14H2,1-4H3,(H,27,29). The fraction of sp³-hybridized carbons (Fsp3) is 0.208. The van der Waals surface area contributed by atoms with Gasteiger partial charge in [0.1, 0.15) is 10.8 Å². The number of aryl methyl sites for hydroxylation is 1. The molecule has 4 rings (SSSR count). The third-order valence-electron chi connectivity index (χ3n) is 4.99. The van der Waals surface area contributed by atoms with Gasteiger partial charge in [-0.15, -0.1) is 0 Å². The monoisotopic (exact) mass is 464 g/mol. The molecule has 33 heavy (non-hydrogen) atoms. The predicted octanol–water partition coefficient (Wildman–Crippen LogP) is 4.46.